The molecule has 0 saturated heterocycles. The smallest absolute Gasteiger partial charge is 0.109 e. The Kier molecular flexibility index (Phi) is 8.75. The van der Waals surface area contributed by atoms with Crippen LogP contribution in [0, 0.1) is 13.8 Å². The van der Waals surface area contributed by atoms with Crippen molar-refractivity contribution in [3.63, 3.8) is 0 Å². The quantitative estimate of drug-likeness (QED) is 0.166. The maximum Gasteiger partial charge on any atom is 0.109 e. The van der Waals surface area contributed by atoms with Crippen LogP contribution in [0.2, 0.25) is 10.0 Å². The second kappa shape index (κ2) is 14.3. The molecule has 0 amide bonds. The van der Waals surface area contributed by atoms with Gasteiger partial charge in [0.05, 0.1) is 14.8 Å². The van der Waals surface area contributed by atoms with Crippen molar-refractivity contribution in [2.24, 2.45) is 0 Å². The minimum Gasteiger partial charge on any atom is -0.299 e. The zero-order valence-electron chi connectivity index (χ0n) is 33.1. The molecule has 6 heteroatoms. The summed E-state index contributed by atoms with van der Waals surface area (Å²) in [6, 6.07) is 57.0. The molecular formula is C55H34BrCl2NS2. The molecule has 0 spiro atoms. The average molecular weight is 924 g/mol. The molecule has 1 aliphatic rings. The lowest BCUT2D eigenvalue weighted by molar-refractivity contribution is 1.26. The molecule has 1 nitrogen and oxygen atoms in total. The van der Waals surface area contributed by atoms with E-state index in [2.05, 4.69) is 180 Å². The number of aromatic nitrogens is 1. The lowest BCUT2D eigenvalue weighted by Gasteiger charge is -2.14. The molecule has 292 valence electrons. The third-order valence-corrected chi connectivity index (χ3v) is 15.8. The van der Waals surface area contributed by atoms with Gasteiger partial charge in [0.1, 0.15) is 4.83 Å². The molecule has 0 atom stereocenters. The summed E-state index contributed by atoms with van der Waals surface area (Å²) in [5, 5.41) is 9.42. The molecule has 0 radical (unpaired) electrons. The van der Waals surface area contributed by atoms with Crippen molar-refractivity contribution in [1.82, 2.24) is 4.40 Å². The van der Waals surface area contributed by atoms with E-state index in [0.717, 1.165) is 20.3 Å². The second-order valence-electron chi connectivity index (χ2n) is 16.2. The minimum absolute atomic E-state index is 0.777. The summed E-state index contributed by atoms with van der Waals surface area (Å²) in [6.45, 7) is 4.34. The van der Waals surface area contributed by atoms with Crippen molar-refractivity contribution in [3.8, 4) is 44.5 Å². The normalized spacial score (nSPS) is 12.3. The molecule has 0 unspecified atom stereocenters. The number of aryl methyl sites for hydroxylation is 2. The molecule has 61 heavy (non-hydrogen) atoms. The number of nitrogens with zero attached hydrogens (tertiary/aromatic N) is 1. The Morgan fingerprint density at radius 1 is 0.508 bits per heavy atom. The van der Waals surface area contributed by atoms with E-state index in [1.165, 1.54) is 124 Å². The van der Waals surface area contributed by atoms with Crippen molar-refractivity contribution >= 4 is 119 Å². The largest absolute Gasteiger partial charge is 0.299 e. The molecule has 0 aliphatic heterocycles. The van der Waals surface area contributed by atoms with Crippen LogP contribution in [-0.2, 0) is 6.42 Å². The molecule has 4 aromatic heterocycles. The van der Waals surface area contributed by atoms with E-state index in [1.807, 2.05) is 23.5 Å². The summed E-state index contributed by atoms with van der Waals surface area (Å²) in [5.74, 6) is 0. The van der Waals surface area contributed by atoms with Crippen LogP contribution in [0.15, 0.2) is 162 Å². The Balaban J connectivity index is 0.000000131. The summed E-state index contributed by atoms with van der Waals surface area (Å²) >= 11 is 20.1. The highest BCUT2D eigenvalue weighted by Gasteiger charge is 2.26. The molecule has 0 bridgehead atoms. The van der Waals surface area contributed by atoms with Crippen molar-refractivity contribution < 1.29 is 0 Å². The predicted molar refractivity (Wildman–Crippen MR) is 270 cm³/mol. The SMILES string of the molecule is Cc1ccc2c(c1)-c1cc(-c3ccccc3)cc(-c3c(Br)sc4cc(Cl)ccc34)c1C2.Cc1ccc2c(c1)c1cc(-c3ccccc3)cc3c4c5ccc(Cl)cc5sc4n2c13. The average Bonchev–Trinajstić information content (AvgIpc) is 4.07. The van der Waals surface area contributed by atoms with E-state index in [9.17, 15) is 0 Å². The third kappa shape index (κ3) is 5.99. The van der Waals surface area contributed by atoms with E-state index in [-0.39, 0.29) is 0 Å². The van der Waals surface area contributed by atoms with Crippen LogP contribution >= 0.6 is 61.8 Å². The van der Waals surface area contributed by atoms with E-state index < -0.39 is 0 Å². The Labute approximate surface area is 379 Å². The summed E-state index contributed by atoms with van der Waals surface area (Å²) in [7, 11) is 0. The van der Waals surface area contributed by atoms with Crippen molar-refractivity contribution in [2.45, 2.75) is 20.3 Å². The number of thiophene rings is 2. The fourth-order valence-electron chi connectivity index (χ4n) is 9.64. The maximum absolute atomic E-state index is 6.32. The molecular weight excluding hydrogens is 890 g/mol. The van der Waals surface area contributed by atoms with Crippen molar-refractivity contribution in [1.29, 1.82) is 0 Å². The van der Waals surface area contributed by atoms with Gasteiger partial charge in [-0.25, -0.2) is 0 Å². The van der Waals surface area contributed by atoms with E-state index in [4.69, 9.17) is 23.2 Å². The first-order valence-corrected chi connectivity index (χ1v) is 23.5. The fourth-order valence-corrected chi connectivity index (χ4v) is 13.3. The summed E-state index contributed by atoms with van der Waals surface area (Å²) in [4.78, 5) is 1.30. The van der Waals surface area contributed by atoms with E-state index in [0.29, 0.717) is 0 Å². The maximum atomic E-state index is 6.32. The molecule has 8 aromatic carbocycles. The molecule has 13 rings (SSSR count). The third-order valence-electron chi connectivity index (χ3n) is 12.4. The molecule has 0 fully saturated rings. The summed E-state index contributed by atoms with van der Waals surface area (Å²) in [6.07, 6.45) is 0.965. The van der Waals surface area contributed by atoms with Gasteiger partial charge in [0.15, 0.2) is 0 Å². The molecule has 12 aromatic rings. The fraction of sp³-hybridized carbons (Fsp3) is 0.0545. The first-order chi connectivity index (χ1) is 29.8. The van der Waals surface area contributed by atoms with Gasteiger partial charge in [0.25, 0.3) is 0 Å². The van der Waals surface area contributed by atoms with Gasteiger partial charge >= 0.3 is 0 Å². The molecule has 0 N–H and O–H groups in total. The van der Waals surface area contributed by atoms with Crippen LogP contribution in [0.25, 0.3) is 102 Å². The summed E-state index contributed by atoms with van der Waals surface area (Å²) in [5.41, 5.74) is 18.3. The number of halogens is 3. The van der Waals surface area contributed by atoms with Gasteiger partial charge in [-0.15, -0.1) is 22.7 Å². The highest BCUT2D eigenvalue weighted by molar-refractivity contribution is 9.11. The Morgan fingerprint density at radius 3 is 1.87 bits per heavy atom. The minimum atomic E-state index is 0.777. The van der Waals surface area contributed by atoms with Gasteiger partial charge in [-0.3, -0.25) is 4.40 Å². The van der Waals surface area contributed by atoms with Crippen LogP contribution in [0.1, 0.15) is 22.3 Å². The Morgan fingerprint density at radius 2 is 1.13 bits per heavy atom. The van der Waals surface area contributed by atoms with Crippen molar-refractivity contribution in [3.05, 3.63) is 194 Å². The zero-order chi connectivity index (χ0) is 41.1. The standard InChI is InChI=1S/C28H18BrClS.C27H16ClNS/c1-16-7-8-18-12-24-23(22(18)11-16)13-19(17-5-3-2-4-6-17)14-25(24)27-21-10-9-20(30)15-26(21)31-28(27)29;1-15-7-10-23-20(11-15)21-12-17(16-5-3-2-4-6-16)13-22-25-19-9-8-18(28)14-24(19)30-27(25)29(23)26(21)22/h2-11,13-15H,12H2,1H3;2-14H,1H3. The van der Waals surface area contributed by atoms with E-state index >= 15 is 0 Å². The topological polar surface area (TPSA) is 4.41 Å². The lowest BCUT2D eigenvalue weighted by Crippen LogP contribution is -1.91. The molecule has 0 saturated carbocycles. The van der Waals surface area contributed by atoms with Gasteiger partial charge < -0.3 is 0 Å². The first-order valence-electron chi connectivity index (χ1n) is 20.3. The van der Waals surface area contributed by atoms with Gasteiger partial charge in [-0.05, 0) is 147 Å². The van der Waals surface area contributed by atoms with Gasteiger partial charge in [-0.2, -0.15) is 0 Å². The van der Waals surface area contributed by atoms with E-state index in [1.54, 1.807) is 11.3 Å². The Bertz CT molecular complexity index is 3720. The van der Waals surface area contributed by atoms with Crippen LogP contribution in [0.3, 0.4) is 0 Å². The predicted octanol–water partition coefficient (Wildman–Crippen LogP) is 18.2. The molecule has 4 heterocycles. The lowest BCUT2D eigenvalue weighted by atomic mass is 9.90. The number of rotatable bonds is 3. The number of fused-ring (bicyclic) bond motifs is 12. The highest BCUT2D eigenvalue weighted by Crippen LogP contribution is 2.51. The second-order valence-corrected chi connectivity index (χ2v) is 20.5. The molecule has 1 aliphatic carbocycles. The highest BCUT2D eigenvalue weighted by atomic mass is 79.9. The van der Waals surface area contributed by atoms with Gasteiger partial charge in [-0.1, -0.05) is 131 Å². The zero-order valence-corrected chi connectivity index (χ0v) is 37.8. The summed E-state index contributed by atoms with van der Waals surface area (Å²) < 4.78 is 6.07. The van der Waals surface area contributed by atoms with Crippen LogP contribution < -0.4 is 0 Å². The number of hydrogen-bond donors (Lipinski definition) is 0. The van der Waals surface area contributed by atoms with Crippen LogP contribution in [0.5, 0.6) is 0 Å². The monoisotopic (exact) mass is 921 g/mol. The van der Waals surface area contributed by atoms with Gasteiger partial charge in [0.2, 0.25) is 0 Å². The van der Waals surface area contributed by atoms with Crippen molar-refractivity contribution in [2.75, 3.05) is 0 Å². The van der Waals surface area contributed by atoms with Crippen LogP contribution in [-0.4, -0.2) is 4.40 Å². The Hall–Kier alpha value is -5.46. The first kappa shape index (κ1) is 37.3. The number of hydrogen-bond acceptors (Lipinski definition) is 2. The van der Waals surface area contributed by atoms with Gasteiger partial charge in [0, 0.05) is 57.3 Å². The number of benzene rings is 8. The van der Waals surface area contributed by atoms with Crippen LogP contribution in [0.4, 0.5) is 0 Å².